The van der Waals surface area contributed by atoms with Crippen LogP contribution in [0.15, 0.2) is 59.6 Å². The van der Waals surface area contributed by atoms with Crippen LogP contribution in [0.2, 0.25) is 0 Å². The quantitative estimate of drug-likeness (QED) is 0.536. The van der Waals surface area contributed by atoms with E-state index in [4.69, 9.17) is 0 Å². The standard InChI is InChI=1S/C19H19N3OS/c1-13-20-16-12-8-7-11-15(16)18(21-13)24-17(19(23)22(2)3)14-9-5-4-6-10-14/h4-12,17H,1-3H3. The number of rotatable bonds is 4. The molecule has 4 nitrogen and oxygen atoms in total. The van der Waals surface area contributed by atoms with Crippen LogP contribution in [0.4, 0.5) is 0 Å². The molecule has 0 bridgehead atoms. The summed E-state index contributed by atoms with van der Waals surface area (Å²) in [6, 6.07) is 17.7. The number of hydrogen-bond donors (Lipinski definition) is 0. The van der Waals surface area contributed by atoms with E-state index in [0.29, 0.717) is 5.82 Å². The Hall–Kier alpha value is -2.40. The maximum absolute atomic E-state index is 12.7. The number of likely N-dealkylation sites (N-methyl/N-ethyl adjacent to an activating group) is 1. The largest absolute Gasteiger partial charge is 0.348 e. The molecule has 0 fully saturated rings. The summed E-state index contributed by atoms with van der Waals surface area (Å²) in [5.74, 6) is 0.756. The summed E-state index contributed by atoms with van der Waals surface area (Å²) in [6.07, 6.45) is 0. The molecular formula is C19H19N3OS. The van der Waals surface area contributed by atoms with Crippen molar-refractivity contribution in [3.63, 3.8) is 0 Å². The highest BCUT2D eigenvalue weighted by Crippen LogP contribution is 2.38. The number of aromatic nitrogens is 2. The van der Waals surface area contributed by atoms with Gasteiger partial charge in [0.1, 0.15) is 16.1 Å². The molecule has 2 aromatic carbocycles. The Balaban J connectivity index is 2.07. The van der Waals surface area contributed by atoms with Gasteiger partial charge < -0.3 is 4.90 Å². The van der Waals surface area contributed by atoms with Crippen LogP contribution in [0.1, 0.15) is 16.6 Å². The average molecular weight is 337 g/mol. The van der Waals surface area contributed by atoms with E-state index in [0.717, 1.165) is 21.5 Å². The van der Waals surface area contributed by atoms with Gasteiger partial charge in [0.25, 0.3) is 0 Å². The van der Waals surface area contributed by atoms with Gasteiger partial charge in [-0.2, -0.15) is 0 Å². The SMILES string of the molecule is Cc1nc(SC(C(=O)N(C)C)c2ccccc2)c2ccccc2n1. The number of hydrogen-bond acceptors (Lipinski definition) is 4. The van der Waals surface area contributed by atoms with Crippen LogP contribution in [0.5, 0.6) is 0 Å². The fraction of sp³-hybridized carbons (Fsp3) is 0.211. The molecule has 3 aromatic rings. The third kappa shape index (κ3) is 3.41. The number of fused-ring (bicyclic) bond motifs is 1. The van der Waals surface area contributed by atoms with Crippen LogP contribution >= 0.6 is 11.8 Å². The zero-order valence-electron chi connectivity index (χ0n) is 13.9. The molecule has 1 amide bonds. The van der Waals surface area contributed by atoms with Gasteiger partial charge in [-0.25, -0.2) is 9.97 Å². The third-order valence-corrected chi connectivity index (χ3v) is 4.92. The number of carbonyl (C=O) groups is 1. The van der Waals surface area contributed by atoms with Crippen molar-refractivity contribution in [2.24, 2.45) is 0 Å². The van der Waals surface area contributed by atoms with Gasteiger partial charge in [-0.1, -0.05) is 60.3 Å². The summed E-state index contributed by atoms with van der Waals surface area (Å²) >= 11 is 1.48. The van der Waals surface area contributed by atoms with Crippen LogP contribution in [-0.4, -0.2) is 34.9 Å². The van der Waals surface area contributed by atoms with E-state index in [1.54, 1.807) is 19.0 Å². The minimum absolute atomic E-state index is 0.0477. The predicted octanol–water partition coefficient (Wildman–Crippen LogP) is 3.86. The lowest BCUT2D eigenvalue weighted by atomic mass is 10.1. The zero-order chi connectivity index (χ0) is 17.1. The summed E-state index contributed by atoms with van der Waals surface area (Å²) in [6.45, 7) is 1.88. The van der Waals surface area contributed by atoms with Gasteiger partial charge in [0, 0.05) is 19.5 Å². The lowest BCUT2D eigenvalue weighted by Gasteiger charge is -2.20. The lowest BCUT2D eigenvalue weighted by Crippen LogP contribution is -2.26. The maximum Gasteiger partial charge on any atom is 0.240 e. The summed E-state index contributed by atoms with van der Waals surface area (Å²) in [7, 11) is 3.56. The molecule has 1 aromatic heterocycles. The van der Waals surface area contributed by atoms with E-state index >= 15 is 0 Å². The van der Waals surface area contributed by atoms with Gasteiger partial charge in [0.2, 0.25) is 5.91 Å². The first-order valence-electron chi connectivity index (χ1n) is 7.72. The van der Waals surface area contributed by atoms with Crippen LogP contribution in [0.3, 0.4) is 0 Å². The molecule has 1 atom stereocenters. The summed E-state index contributed by atoms with van der Waals surface area (Å²) in [4.78, 5) is 23.4. The highest BCUT2D eigenvalue weighted by molar-refractivity contribution is 8.00. The zero-order valence-corrected chi connectivity index (χ0v) is 14.7. The van der Waals surface area contributed by atoms with E-state index in [1.807, 2.05) is 61.5 Å². The Morgan fingerprint density at radius 2 is 1.67 bits per heavy atom. The minimum Gasteiger partial charge on any atom is -0.348 e. The molecule has 0 aliphatic heterocycles. The lowest BCUT2D eigenvalue weighted by molar-refractivity contribution is -0.128. The van der Waals surface area contributed by atoms with Crippen LogP contribution in [0.25, 0.3) is 10.9 Å². The van der Waals surface area contributed by atoms with E-state index in [2.05, 4.69) is 9.97 Å². The van der Waals surface area contributed by atoms with E-state index in [1.165, 1.54) is 11.8 Å². The molecule has 1 unspecified atom stereocenters. The van der Waals surface area contributed by atoms with Gasteiger partial charge in [0.15, 0.2) is 0 Å². The predicted molar refractivity (Wildman–Crippen MR) is 98.0 cm³/mol. The smallest absolute Gasteiger partial charge is 0.240 e. The van der Waals surface area contributed by atoms with Crippen LogP contribution in [0, 0.1) is 6.92 Å². The maximum atomic E-state index is 12.7. The number of amides is 1. The highest BCUT2D eigenvalue weighted by Gasteiger charge is 2.25. The average Bonchev–Trinajstić information content (AvgIpc) is 2.59. The second-order valence-electron chi connectivity index (χ2n) is 5.73. The van der Waals surface area contributed by atoms with Crippen molar-refractivity contribution < 1.29 is 4.79 Å². The molecule has 122 valence electrons. The first-order chi connectivity index (χ1) is 11.6. The van der Waals surface area contributed by atoms with Crippen molar-refractivity contribution in [1.29, 1.82) is 0 Å². The van der Waals surface area contributed by atoms with Gasteiger partial charge in [-0.3, -0.25) is 4.79 Å². The monoisotopic (exact) mass is 337 g/mol. The van der Waals surface area contributed by atoms with Gasteiger partial charge in [0.05, 0.1) is 5.52 Å². The molecule has 0 saturated heterocycles. The Morgan fingerprint density at radius 1 is 1.00 bits per heavy atom. The van der Waals surface area contributed by atoms with Gasteiger partial charge >= 0.3 is 0 Å². The number of para-hydroxylation sites is 1. The van der Waals surface area contributed by atoms with E-state index in [9.17, 15) is 4.79 Å². The van der Waals surface area contributed by atoms with Crippen molar-refractivity contribution in [2.45, 2.75) is 17.2 Å². The number of benzene rings is 2. The van der Waals surface area contributed by atoms with Crippen LogP contribution < -0.4 is 0 Å². The molecule has 3 rings (SSSR count). The van der Waals surface area contributed by atoms with Crippen molar-refractivity contribution in [1.82, 2.24) is 14.9 Å². The fourth-order valence-electron chi connectivity index (χ4n) is 2.48. The van der Waals surface area contributed by atoms with Gasteiger partial charge in [-0.15, -0.1) is 0 Å². The molecule has 0 saturated carbocycles. The van der Waals surface area contributed by atoms with Crippen molar-refractivity contribution in [2.75, 3.05) is 14.1 Å². The van der Waals surface area contributed by atoms with Crippen LogP contribution in [-0.2, 0) is 4.79 Å². The van der Waals surface area contributed by atoms with Crippen molar-refractivity contribution in [3.8, 4) is 0 Å². The summed E-state index contributed by atoms with van der Waals surface area (Å²) in [5.41, 5.74) is 1.87. The molecule has 0 aliphatic carbocycles. The molecule has 5 heteroatoms. The number of aryl methyl sites for hydroxylation is 1. The topological polar surface area (TPSA) is 46.1 Å². The normalized spacial score (nSPS) is 12.1. The highest BCUT2D eigenvalue weighted by atomic mass is 32.2. The first kappa shape index (κ1) is 16.5. The fourth-order valence-corrected chi connectivity index (χ4v) is 3.80. The molecule has 24 heavy (non-hydrogen) atoms. The summed E-state index contributed by atoms with van der Waals surface area (Å²) in [5, 5.41) is 1.47. The Bertz CT molecular complexity index is 865. The second-order valence-corrected chi connectivity index (χ2v) is 6.83. The van der Waals surface area contributed by atoms with Gasteiger partial charge in [-0.05, 0) is 18.6 Å². The second kappa shape index (κ2) is 7.01. The Labute approximate surface area is 145 Å². The summed E-state index contributed by atoms with van der Waals surface area (Å²) < 4.78 is 0. The molecule has 0 radical (unpaired) electrons. The van der Waals surface area contributed by atoms with E-state index < -0.39 is 0 Å². The van der Waals surface area contributed by atoms with Crippen molar-refractivity contribution in [3.05, 3.63) is 66.0 Å². The molecule has 0 spiro atoms. The molecule has 1 heterocycles. The minimum atomic E-state index is -0.334. The number of carbonyl (C=O) groups excluding carboxylic acids is 1. The molecule has 0 aliphatic rings. The van der Waals surface area contributed by atoms with Crippen molar-refractivity contribution >= 4 is 28.6 Å². The third-order valence-electron chi connectivity index (χ3n) is 3.68. The first-order valence-corrected chi connectivity index (χ1v) is 8.60. The Kier molecular flexibility index (Phi) is 4.81. The number of thioether (sulfide) groups is 1. The number of nitrogens with zero attached hydrogens (tertiary/aromatic N) is 3. The molecular weight excluding hydrogens is 318 g/mol. The Morgan fingerprint density at radius 3 is 2.38 bits per heavy atom. The van der Waals surface area contributed by atoms with E-state index in [-0.39, 0.29) is 11.2 Å². The molecule has 0 N–H and O–H groups in total.